The summed E-state index contributed by atoms with van der Waals surface area (Å²) in [5, 5.41) is 17.6. The highest BCUT2D eigenvalue weighted by atomic mass is 35.5. The molecule has 1 fully saturated rings. The van der Waals surface area contributed by atoms with Crippen molar-refractivity contribution in [2.24, 2.45) is 0 Å². The standard InChI is InChI=1S/C33H43N3O7S.ClH/c1-23(2)43-30-18-26(17-27(19-30)36-12-8-9-13-44(36,39)40)33(38)35-31(16-24-10-6-5-7-11-24)32(37)22-34-21-25-14-28(41-3)20-29(15-25)42-4;/h5-7,10-11,14-15,17-20,23,31-32,34,37H,8-9,12-13,16,21-22H2,1-4H3,(H,35,38);1H/t31-,32+;/m0./s1. The zero-order chi connectivity index (χ0) is 31.7. The Morgan fingerprint density at radius 1 is 0.933 bits per heavy atom. The number of aliphatic hydroxyl groups is 1. The molecule has 0 unspecified atom stereocenters. The summed E-state index contributed by atoms with van der Waals surface area (Å²) < 4.78 is 43.7. The molecule has 3 aromatic carbocycles. The van der Waals surface area contributed by atoms with E-state index in [1.165, 1.54) is 4.31 Å². The summed E-state index contributed by atoms with van der Waals surface area (Å²) in [6, 6.07) is 19.4. The van der Waals surface area contributed by atoms with E-state index in [9.17, 15) is 18.3 Å². The van der Waals surface area contributed by atoms with Crippen molar-refractivity contribution in [1.82, 2.24) is 10.6 Å². The van der Waals surface area contributed by atoms with Gasteiger partial charge in [0.1, 0.15) is 17.2 Å². The summed E-state index contributed by atoms with van der Waals surface area (Å²) in [6.45, 7) is 4.72. The van der Waals surface area contributed by atoms with Gasteiger partial charge >= 0.3 is 0 Å². The van der Waals surface area contributed by atoms with Crippen molar-refractivity contribution < 1.29 is 32.5 Å². The van der Waals surface area contributed by atoms with Gasteiger partial charge in [0.15, 0.2) is 0 Å². The fourth-order valence-corrected chi connectivity index (χ4v) is 6.78. The predicted octanol–water partition coefficient (Wildman–Crippen LogP) is 4.33. The first-order valence-electron chi connectivity index (χ1n) is 14.9. The Hall–Kier alpha value is -3.51. The maximum absolute atomic E-state index is 13.7. The normalized spacial score (nSPS) is 15.5. The number of nitrogens with zero attached hydrogens (tertiary/aromatic N) is 1. The van der Waals surface area contributed by atoms with Crippen molar-refractivity contribution in [3.05, 3.63) is 83.4 Å². The Balaban J connectivity index is 0.00000552. The Morgan fingerprint density at radius 2 is 1.62 bits per heavy atom. The van der Waals surface area contributed by atoms with Gasteiger partial charge in [-0.3, -0.25) is 9.10 Å². The number of carbonyl (C=O) groups excluding carboxylic acids is 1. The molecule has 4 rings (SSSR count). The molecular weight excluding hydrogens is 618 g/mol. The van der Waals surface area contributed by atoms with Crippen LogP contribution in [0.1, 0.15) is 48.2 Å². The number of hydrogen-bond acceptors (Lipinski definition) is 8. The number of hydrogen-bond donors (Lipinski definition) is 3. The highest BCUT2D eigenvalue weighted by Crippen LogP contribution is 2.30. The first-order valence-corrected chi connectivity index (χ1v) is 16.5. The van der Waals surface area contributed by atoms with Crippen LogP contribution in [-0.4, -0.2) is 70.7 Å². The van der Waals surface area contributed by atoms with Crippen molar-refractivity contribution >= 4 is 34.0 Å². The molecular formula is C33H44ClN3O7S. The molecule has 246 valence electrons. The minimum Gasteiger partial charge on any atom is -0.497 e. The first-order chi connectivity index (χ1) is 21.1. The van der Waals surface area contributed by atoms with Crippen molar-refractivity contribution in [1.29, 1.82) is 0 Å². The lowest BCUT2D eigenvalue weighted by Gasteiger charge is -2.29. The summed E-state index contributed by atoms with van der Waals surface area (Å²) in [4.78, 5) is 13.7. The molecule has 45 heavy (non-hydrogen) atoms. The number of carbonyl (C=O) groups is 1. The summed E-state index contributed by atoms with van der Waals surface area (Å²) in [5.74, 6) is 1.35. The number of sulfonamides is 1. The van der Waals surface area contributed by atoms with E-state index in [2.05, 4.69) is 10.6 Å². The lowest BCUT2D eigenvalue weighted by atomic mass is 10.00. The Kier molecular flexibility index (Phi) is 13.3. The van der Waals surface area contributed by atoms with Crippen molar-refractivity contribution in [3.63, 3.8) is 0 Å². The fourth-order valence-electron chi connectivity index (χ4n) is 5.16. The molecule has 0 bridgehead atoms. The number of amides is 1. The van der Waals surface area contributed by atoms with Crippen molar-refractivity contribution in [3.8, 4) is 17.2 Å². The number of halogens is 1. The zero-order valence-corrected chi connectivity index (χ0v) is 27.8. The smallest absolute Gasteiger partial charge is 0.251 e. The van der Waals surface area contributed by atoms with Crippen LogP contribution in [0.25, 0.3) is 0 Å². The third kappa shape index (κ3) is 10.3. The summed E-state index contributed by atoms with van der Waals surface area (Å²) in [6.07, 6.45) is 0.605. The Labute approximate surface area is 272 Å². The number of methoxy groups -OCH3 is 2. The lowest BCUT2D eigenvalue weighted by molar-refractivity contribution is 0.0829. The van der Waals surface area contributed by atoms with E-state index in [-0.39, 0.29) is 36.4 Å². The van der Waals surface area contributed by atoms with Crippen LogP contribution in [0.4, 0.5) is 5.69 Å². The third-order valence-corrected chi connectivity index (χ3v) is 9.21. The molecule has 1 aliphatic rings. The van der Waals surface area contributed by atoms with E-state index in [0.717, 1.165) is 17.5 Å². The van der Waals surface area contributed by atoms with E-state index < -0.39 is 28.1 Å². The summed E-state index contributed by atoms with van der Waals surface area (Å²) in [5.41, 5.74) is 2.51. The van der Waals surface area contributed by atoms with E-state index >= 15 is 0 Å². The molecule has 0 aromatic heterocycles. The topological polar surface area (TPSA) is 126 Å². The highest BCUT2D eigenvalue weighted by Gasteiger charge is 2.28. The van der Waals surface area contributed by atoms with Gasteiger partial charge in [0.2, 0.25) is 10.0 Å². The third-order valence-electron chi connectivity index (χ3n) is 7.34. The van der Waals surface area contributed by atoms with Gasteiger partial charge in [-0.05, 0) is 68.5 Å². The number of benzene rings is 3. The van der Waals surface area contributed by atoms with E-state index in [4.69, 9.17) is 14.2 Å². The molecule has 10 nitrogen and oxygen atoms in total. The number of anilines is 1. The molecule has 1 heterocycles. The van der Waals surface area contributed by atoms with Crippen LogP contribution < -0.4 is 29.1 Å². The first kappa shape index (κ1) is 36.0. The second-order valence-corrected chi connectivity index (χ2v) is 13.2. The number of rotatable bonds is 14. The molecule has 2 atom stereocenters. The summed E-state index contributed by atoms with van der Waals surface area (Å²) >= 11 is 0. The van der Waals surface area contributed by atoms with Crippen molar-refractivity contribution in [2.75, 3.05) is 37.4 Å². The van der Waals surface area contributed by atoms with E-state index in [1.54, 1.807) is 38.5 Å². The van der Waals surface area contributed by atoms with Crippen molar-refractivity contribution in [2.45, 2.75) is 57.9 Å². The van der Waals surface area contributed by atoms with Gasteiger partial charge in [-0.1, -0.05) is 30.3 Å². The predicted molar refractivity (Wildman–Crippen MR) is 178 cm³/mol. The molecule has 1 aliphatic heterocycles. The largest absolute Gasteiger partial charge is 0.497 e. The van der Waals surface area contributed by atoms with Crippen LogP contribution in [0, 0.1) is 0 Å². The Morgan fingerprint density at radius 3 is 2.24 bits per heavy atom. The van der Waals surface area contributed by atoms with Crippen LogP contribution in [-0.2, 0) is 23.0 Å². The minimum absolute atomic E-state index is 0. The second kappa shape index (κ2) is 16.7. The summed E-state index contributed by atoms with van der Waals surface area (Å²) in [7, 11) is -0.324. The monoisotopic (exact) mass is 661 g/mol. The number of ether oxygens (including phenoxy) is 3. The fraction of sp³-hybridized carbons (Fsp3) is 0.424. The zero-order valence-electron chi connectivity index (χ0n) is 26.2. The van der Waals surface area contributed by atoms with Gasteiger partial charge in [-0.25, -0.2) is 8.42 Å². The number of aliphatic hydroxyl groups excluding tert-OH is 1. The van der Waals surface area contributed by atoms with Gasteiger partial charge in [0, 0.05) is 37.3 Å². The van der Waals surface area contributed by atoms with Crippen LogP contribution in [0.5, 0.6) is 17.2 Å². The van der Waals surface area contributed by atoms with Gasteiger partial charge < -0.3 is 30.0 Å². The molecule has 0 radical (unpaired) electrons. The van der Waals surface area contributed by atoms with Gasteiger partial charge in [-0.15, -0.1) is 12.4 Å². The molecule has 0 aliphatic carbocycles. The SMILES string of the molecule is COc1cc(CNC[C@@H](O)[C@H](Cc2ccccc2)NC(=O)c2cc(OC(C)C)cc(N3CCCCS3(=O)=O)c2)cc(OC)c1.Cl. The lowest BCUT2D eigenvalue weighted by Crippen LogP contribution is -2.48. The molecule has 1 amide bonds. The Bertz CT molecular complexity index is 1480. The molecule has 3 N–H and O–H groups in total. The molecule has 1 saturated heterocycles. The van der Waals surface area contributed by atoms with E-state index in [1.807, 2.05) is 56.3 Å². The van der Waals surface area contributed by atoms with Crippen LogP contribution in [0.15, 0.2) is 66.7 Å². The van der Waals surface area contributed by atoms with Crippen LogP contribution in [0.3, 0.4) is 0 Å². The quantitative estimate of drug-likeness (QED) is 0.233. The van der Waals surface area contributed by atoms with Gasteiger partial charge in [-0.2, -0.15) is 0 Å². The van der Waals surface area contributed by atoms with Gasteiger partial charge in [0.05, 0.1) is 43.9 Å². The molecule has 0 spiro atoms. The molecule has 0 saturated carbocycles. The average molecular weight is 662 g/mol. The molecule has 12 heteroatoms. The van der Waals surface area contributed by atoms with Crippen LogP contribution >= 0.6 is 12.4 Å². The maximum Gasteiger partial charge on any atom is 0.251 e. The highest BCUT2D eigenvalue weighted by molar-refractivity contribution is 7.92. The van der Waals surface area contributed by atoms with E-state index in [0.29, 0.717) is 48.9 Å². The minimum atomic E-state index is -3.50. The number of nitrogens with one attached hydrogen (secondary N) is 2. The maximum atomic E-state index is 13.7. The molecule has 3 aromatic rings. The average Bonchev–Trinajstić information content (AvgIpc) is 3.00. The second-order valence-electron chi connectivity index (χ2n) is 11.2. The van der Waals surface area contributed by atoms with Gasteiger partial charge in [0.25, 0.3) is 5.91 Å². The van der Waals surface area contributed by atoms with Crippen LogP contribution in [0.2, 0.25) is 0 Å².